The van der Waals surface area contributed by atoms with E-state index in [-0.39, 0.29) is 6.08 Å². The van der Waals surface area contributed by atoms with Crippen molar-refractivity contribution in [2.24, 2.45) is 0 Å². The Hall–Kier alpha value is -1.95. The van der Waals surface area contributed by atoms with Gasteiger partial charge in [0.05, 0.1) is 0 Å². The highest BCUT2D eigenvalue weighted by molar-refractivity contribution is 5.81. The van der Waals surface area contributed by atoms with Crippen molar-refractivity contribution in [2.75, 3.05) is 13.2 Å². The molecule has 0 radical (unpaired) electrons. The average Bonchev–Trinajstić information content (AvgIpc) is 2.64. The van der Waals surface area contributed by atoms with Crippen LogP contribution in [0, 0.1) is 0 Å². The van der Waals surface area contributed by atoms with E-state index < -0.39 is 66.6 Å². The molecule has 19 heteroatoms. The fourth-order valence-electron chi connectivity index (χ4n) is 1.66. The van der Waals surface area contributed by atoms with E-state index in [1.165, 1.54) is 0 Å². The average molecular weight is 516 g/mol. The van der Waals surface area contributed by atoms with Crippen LogP contribution in [0.4, 0.5) is 70.2 Å². The molecular formula is C13H8F16O3. The van der Waals surface area contributed by atoms with Crippen LogP contribution in [0.15, 0.2) is 12.7 Å². The smallest absolute Gasteiger partial charge is 0.385 e. The Labute approximate surface area is 165 Å². The van der Waals surface area contributed by atoms with Crippen LogP contribution >= 0.6 is 0 Å². The lowest BCUT2D eigenvalue weighted by molar-refractivity contribution is -0.454. The third-order valence-corrected chi connectivity index (χ3v) is 3.65. The number of hydrogen-bond donors (Lipinski definition) is 1. The number of carbonyl (C=O) groups excluding carboxylic acids is 1. The van der Waals surface area contributed by atoms with Gasteiger partial charge in [0.15, 0.2) is 6.61 Å². The molecule has 0 saturated carbocycles. The van der Waals surface area contributed by atoms with Crippen LogP contribution < -0.4 is 0 Å². The summed E-state index contributed by atoms with van der Waals surface area (Å²) in [7, 11) is 0. The summed E-state index contributed by atoms with van der Waals surface area (Å²) in [5.74, 6) is -65.0. The summed E-state index contributed by atoms with van der Waals surface area (Å²) in [5, 5.41) is 7.87. The van der Waals surface area contributed by atoms with Crippen LogP contribution in [0.2, 0.25) is 0 Å². The molecule has 0 unspecified atom stereocenters. The number of alkyl halides is 16. The number of carbonyl (C=O) groups is 1. The molecule has 0 amide bonds. The van der Waals surface area contributed by atoms with Gasteiger partial charge >= 0.3 is 53.3 Å². The van der Waals surface area contributed by atoms with Gasteiger partial charge in [0.1, 0.15) is 6.61 Å². The van der Waals surface area contributed by atoms with Crippen LogP contribution in [0.1, 0.15) is 0 Å². The largest absolute Gasteiger partial charge is 0.456 e. The maximum absolute atomic E-state index is 13.4. The molecule has 0 aliphatic heterocycles. The zero-order valence-electron chi connectivity index (χ0n) is 14.5. The third kappa shape index (κ3) is 3.95. The van der Waals surface area contributed by atoms with E-state index >= 15 is 0 Å². The van der Waals surface area contributed by atoms with Crippen molar-refractivity contribution >= 4 is 5.97 Å². The molecular weight excluding hydrogens is 508 g/mol. The van der Waals surface area contributed by atoms with Crippen molar-refractivity contribution in [1.29, 1.82) is 0 Å². The first-order chi connectivity index (χ1) is 13.8. The van der Waals surface area contributed by atoms with Gasteiger partial charge in [-0.15, -0.1) is 0 Å². The minimum absolute atomic E-state index is 0.0565. The Morgan fingerprint density at radius 1 is 0.625 bits per heavy atom. The van der Waals surface area contributed by atoms with Crippen molar-refractivity contribution in [1.82, 2.24) is 0 Å². The number of aliphatic hydroxyl groups is 1. The van der Waals surface area contributed by atoms with E-state index in [1.54, 1.807) is 0 Å². The zero-order valence-corrected chi connectivity index (χ0v) is 14.5. The van der Waals surface area contributed by atoms with Crippen molar-refractivity contribution in [3.8, 4) is 0 Å². The van der Waals surface area contributed by atoms with Gasteiger partial charge < -0.3 is 9.84 Å². The SMILES string of the molecule is C=CC(=O)OCC(F)(F)C(F)(F)C(F)(F)C(F)(F)C(F)(F)C(F)(F)C(F)(F)C(F)(F)CO. The Balaban J connectivity index is 6.60. The van der Waals surface area contributed by atoms with Crippen LogP contribution in [0.5, 0.6) is 0 Å². The molecule has 0 aromatic carbocycles. The molecule has 1 N–H and O–H groups in total. The molecule has 3 nitrogen and oxygen atoms in total. The third-order valence-electron chi connectivity index (χ3n) is 3.65. The van der Waals surface area contributed by atoms with E-state index in [1.807, 2.05) is 0 Å². The molecule has 0 fully saturated rings. The first-order valence-electron chi connectivity index (χ1n) is 7.19. The van der Waals surface area contributed by atoms with Crippen molar-refractivity contribution in [2.45, 2.75) is 47.4 Å². The van der Waals surface area contributed by atoms with Gasteiger partial charge in [0.25, 0.3) is 0 Å². The highest BCUT2D eigenvalue weighted by Gasteiger charge is 2.94. The van der Waals surface area contributed by atoms with E-state index in [2.05, 4.69) is 11.3 Å². The van der Waals surface area contributed by atoms with Gasteiger partial charge in [-0.25, -0.2) is 4.79 Å². The second kappa shape index (κ2) is 8.12. The minimum Gasteiger partial charge on any atom is -0.456 e. The molecule has 0 spiro atoms. The lowest BCUT2D eigenvalue weighted by Crippen LogP contribution is -2.75. The van der Waals surface area contributed by atoms with Gasteiger partial charge in [0.2, 0.25) is 0 Å². The predicted molar refractivity (Wildman–Crippen MR) is 67.8 cm³/mol. The summed E-state index contributed by atoms with van der Waals surface area (Å²) in [6, 6.07) is 0. The first-order valence-corrected chi connectivity index (χ1v) is 7.19. The molecule has 0 aromatic rings. The molecule has 0 aliphatic carbocycles. The lowest BCUT2D eigenvalue weighted by atomic mass is 9.88. The molecule has 190 valence electrons. The molecule has 0 bridgehead atoms. The summed E-state index contributed by atoms with van der Waals surface area (Å²) >= 11 is 0. The van der Waals surface area contributed by atoms with Crippen LogP contribution in [-0.4, -0.2) is 71.7 Å². The van der Waals surface area contributed by atoms with E-state index in [0.29, 0.717) is 0 Å². The van der Waals surface area contributed by atoms with Gasteiger partial charge in [-0.3, -0.25) is 0 Å². The Bertz CT molecular complexity index is 714. The molecule has 0 aromatic heterocycles. The first kappa shape index (κ1) is 30.1. The number of rotatable bonds is 11. The fourth-order valence-corrected chi connectivity index (χ4v) is 1.66. The number of aliphatic hydroxyl groups excluding tert-OH is 1. The summed E-state index contributed by atoms with van der Waals surface area (Å²) in [5.41, 5.74) is 0. The Morgan fingerprint density at radius 2 is 0.906 bits per heavy atom. The summed E-state index contributed by atoms with van der Waals surface area (Å²) in [6.45, 7) is -4.19. The second-order valence-corrected chi connectivity index (χ2v) is 5.83. The quantitative estimate of drug-likeness (QED) is 0.244. The normalized spacial score (nSPS) is 15.5. The predicted octanol–water partition coefficient (Wildman–Crippen LogP) is 4.79. The van der Waals surface area contributed by atoms with Crippen molar-refractivity contribution in [3.05, 3.63) is 12.7 Å². The maximum Gasteiger partial charge on any atom is 0.385 e. The maximum atomic E-state index is 13.4. The fraction of sp³-hybridized carbons (Fsp3) is 0.769. The summed E-state index contributed by atoms with van der Waals surface area (Å²) in [6.07, 6.45) is -0.0565. The monoisotopic (exact) mass is 516 g/mol. The van der Waals surface area contributed by atoms with E-state index in [9.17, 15) is 75.0 Å². The van der Waals surface area contributed by atoms with Gasteiger partial charge in [0, 0.05) is 6.08 Å². The van der Waals surface area contributed by atoms with E-state index in [0.717, 1.165) is 0 Å². The molecule has 0 atom stereocenters. The van der Waals surface area contributed by atoms with Crippen LogP contribution in [-0.2, 0) is 9.53 Å². The number of ether oxygens (including phenoxy) is 1. The van der Waals surface area contributed by atoms with Crippen molar-refractivity contribution in [3.63, 3.8) is 0 Å². The summed E-state index contributed by atoms with van der Waals surface area (Å²) < 4.78 is 215. The second-order valence-electron chi connectivity index (χ2n) is 5.83. The van der Waals surface area contributed by atoms with Gasteiger partial charge in [-0.05, 0) is 0 Å². The molecule has 32 heavy (non-hydrogen) atoms. The number of esters is 1. The van der Waals surface area contributed by atoms with Crippen LogP contribution in [0.3, 0.4) is 0 Å². The Morgan fingerprint density at radius 3 is 1.19 bits per heavy atom. The topological polar surface area (TPSA) is 46.5 Å². The van der Waals surface area contributed by atoms with E-state index in [4.69, 9.17) is 5.11 Å². The van der Waals surface area contributed by atoms with Crippen molar-refractivity contribution < 1.29 is 84.9 Å². The highest BCUT2D eigenvalue weighted by Crippen LogP contribution is 2.63. The Kier molecular flexibility index (Phi) is 7.63. The number of hydrogen-bond acceptors (Lipinski definition) is 3. The molecule has 0 heterocycles. The van der Waals surface area contributed by atoms with Gasteiger partial charge in [-0.2, -0.15) is 70.2 Å². The van der Waals surface area contributed by atoms with Crippen LogP contribution in [0.25, 0.3) is 0 Å². The molecule has 0 rings (SSSR count). The minimum atomic E-state index is -8.58. The standard InChI is InChI=1S/C13H8F16O3/c1-2-5(31)32-4-7(16,17)9(20,21)11(24,25)13(28,29)12(26,27)10(22,23)8(18,19)6(14,15)3-30/h2,30H,1,3-4H2. The lowest BCUT2D eigenvalue weighted by Gasteiger charge is -2.43. The number of halogens is 16. The van der Waals surface area contributed by atoms with Gasteiger partial charge in [-0.1, -0.05) is 6.58 Å². The molecule has 0 aliphatic rings. The molecule has 0 saturated heterocycles. The highest BCUT2D eigenvalue weighted by atomic mass is 19.4. The zero-order chi connectivity index (χ0) is 26.4. The summed E-state index contributed by atoms with van der Waals surface area (Å²) in [4.78, 5) is 10.5.